The van der Waals surface area contributed by atoms with Crippen LogP contribution in [0.5, 0.6) is 74.7 Å². The fourth-order valence-corrected chi connectivity index (χ4v) is 10.7. The summed E-state index contributed by atoms with van der Waals surface area (Å²) in [5, 5.41) is 0. The number of aryl methyl sites for hydroxylation is 2. The predicted molar refractivity (Wildman–Crippen MR) is 395 cm³/mol. The number of hydrogen-bond donors (Lipinski definition) is 0. The van der Waals surface area contributed by atoms with E-state index < -0.39 is 29.8 Å². The van der Waals surface area contributed by atoms with E-state index in [9.17, 15) is 33.6 Å². The van der Waals surface area contributed by atoms with Crippen molar-refractivity contribution in [1.29, 1.82) is 0 Å². The molecular weight excluding hydrogens is 1330 g/mol. The molecule has 1 atom stereocenters. The molecule has 524 valence electrons. The molecule has 0 aliphatic heterocycles. The molecule has 0 saturated carbocycles. The highest BCUT2D eigenvalue weighted by Gasteiger charge is 2.19. The second-order valence-corrected chi connectivity index (χ2v) is 24.2. The lowest BCUT2D eigenvalue weighted by Crippen LogP contribution is -2.10. The average Bonchev–Trinajstić information content (AvgIpc) is 0.775. The normalized spacial score (nSPS) is 10.9. The maximum absolute atomic E-state index is 13.1. The van der Waals surface area contributed by atoms with E-state index in [0.717, 1.165) is 33.6 Å². The largest absolute Gasteiger partial charge is 0.497 e. The maximum atomic E-state index is 13.1. The topological polar surface area (TPSA) is 212 Å². The van der Waals surface area contributed by atoms with Crippen molar-refractivity contribution in [1.82, 2.24) is 0 Å². The predicted octanol–water partition coefficient (Wildman–Crippen LogP) is 19.6. The van der Waals surface area contributed by atoms with Crippen LogP contribution in [0.25, 0.3) is 0 Å². The summed E-state index contributed by atoms with van der Waals surface area (Å²) in [6.45, 7) is 9.10. The molecule has 0 saturated heterocycles. The minimum atomic E-state index is -0.555. The molecule has 12 aromatic rings. The number of ketones is 2. The highest BCUT2D eigenvalue weighted by molar-refractivity contribution is 5.96. The molecule has 12 aromatic carbocycles. The van der Waals surface area contributed by atoms with Gasteiger partial charge in [-0.15, -0.1) is 0 Å². The molecule has 1 unspecified atom stereocenters. The van der Waals surface area contributed by atoms with Crippen molar-refractivity contribution in [2.75, 3.05) is 14.2 Å². The van der Waals surface area contributed by atoms with Crippen molar-refractivity contribution >= 4 is 41.4 Å². The van der Waals surface area contributed by atoms with Gasteiger partial charge in [-0.3, -0.25) is 9.59 Å². The Bertz CT molecular complexity index is 5050. The zero-order valence-corrected chi connectivity index (χ0v) is 58.3. The fourth-order valence-electron chi connectivity index (χ4n) is 10.7. The van der Waals surface area contributed by atoms with Gasteiger partial charge in [0.05, 0.1) is 42.0 Å². The first-order chi connectivity index (χ1) is 50.8. The van der Waals surface area contributed by atoms with Gasteiger partial charge < -0.3 is 47.4 Å². The summed E-state index contributed by atoms with van der Waals surface area (Å²) >= 11 is 0. The molecule has 0 bridgehead atoms. The van der Waals surface area contributed by atoms with Gasteiger partial charge in [-0.2, -0.15) is 0 Å². The first-order valence-electron chi connectivity index (χ1n) is 33.2. The minimum Gasteiger partial charge on any atom is -0.497 e. The minimum absolute atomic E-state index is 0.0208. The van der Waals surface area contributed by atoms with Crippen LogP contribution in [0.4, 0.5) is 0 Å². The van der Waals surface area contributed by atoms with Gasteiger partial charge in [0.25, 0.3) is 0 Å². The second-order valence-electron chi connectivity index (χ2n) is 24.2. The SMILES string of the molecule is COc1ccc(C(C)c2ccc(OC(=O)c3ccc(Oc4ccc(C(=O)Oc5ccc(Cc6ccc(OC(=O)c7ccc(Oc8ccc(C(C)=O)cc8)cc7)cc6)cc5)cc4)cc3)c(C)c2)cc1C.COc1ccc(OC(=O)c2ccc(OC(=O)c3ccc(Oc4ccc(C(C)=O)cc4)cc3)cc2)cc1. The van der Waals surface area contributed by atoms with Crippen molar-refractivity contribution in [3.63, 3.8) is 0 Å². The number of benzene rings is 12. The quantitative estimate of drug-likeness (QED) is 0.0313. The van der Waals surface area contributed by atoms with Crippen molar-refractivity contribution in [2.24, 2.45) is 0 Å². The van der Waals surface area contributed by atoms with Crippen LogP contribution in [0, 0.1) is 13.8 Å². The van der Waals surface area contributed by atoms with E-state index in [-0.39, 0.29) is 23.2 Å². The zero-order valence-electron chi connectivity index (χ0n) is 58.3. The summed E-state index contributed by atoms with van der Waals surface area (Å²) in [5.41, 5.74) is 9.13. The summed E-state index contributed by atoms with van der Waals surface area (Å²) in [6, 6.07) is 79.2. The number of methoxy groups -OCH3 is 2. The Balaban J connectivity index is 0.000000256. The van der Waals surface area contributed by atoms with Gasteiger partial charge in [0.1, 0.15) is 74.7 Å². The maximum Gasteiger partial charge on any atom is 0.343 e. The van der Waals surface area contributed by atoms with E-state index in [2.05, 4.69) is 19.1 Å². The molecule has 0 heterocycles. The summed E-state index contributed by atoms with van der Waals surface area (Å²) in [4.78, 5) is 86.6. The third-order valence-electron chi connectivity index (χ3n) is 16.7. The van der Waals surface area contributed by atoms with E-state index in [1.807, 2.05) is 62.4 Å². The van der Waals surface area contributed by atoms with Crippen LogP contribution in [0.15, 0.2) is 279 Å². The second kappa shape index (κ2) is 34.1. The fraction of sp³-hybridized carbons (Fsp3) is 0.102. The molecule has 0 radical (unpaired) electrons. The molecular formula is C88H70O17. The standard InChI is InChI=1S/C59H48O10.C29H22O7/c1-37-34-47(18-32-55(37)64-5)39(3)48-19-33-56(38(2)35-48)69-59(63)46-16-30-52(31-17-46)66-51-28-14-45(15-29-51)58(62)68-54-22-8-42(9-23-54)36-41-6-20-53(21-7-41)67-57(61)44-12-26-50(27-13-44)65-49-24-10-43(11-25-49)40(4)60;1-19(30)20-3-9-24(10-4-20)34-25-11-5-21(6-12-25)28(31)35-26-13-7-22(8-14-26)29(32)36-27-17-15-23(33-2)16-18-27/h6-35,39H,36H2,1-5H3;3-18H,1-2H3. The van der Waals surface area contributed by atoms with Gasteiger partial charge in [-0.05, 0) is 298 Å². The molecule has 0 aliphatic rings. The molecule has 17 nitrogen and oxygen atoms in total. The van der Waals surface area contributed by atoms with Gasteiger partial charge in [0.15, 0.2) is 11.6 Å². The molecule has 0 N–H and O–H groups in total. The van der Waals surface area contributed by atoms with Gasteiger partial charge >= 0.3 is 29.8 Å². The zero-order chi connectivity index (χ0) is 73.9. The van der Waals surface area contributed by atoms with Crippen molar-refractivity contribution < 1.29 is 80.9 Å². The Morgan fingerprint density at radius 3 is 0.771 bits per heavy atom. The monoisotopic (exact) mass is 1400 g/mol. The highest BCUT2D eigenvalue weighted by Crippen LogP contribution is 2.33. The van der Waals surface area contributed by atoms with Crippen LogP contribution in [0.3, 0.4) is 0 Å². The van der Waals surface area contributed by atoms with Crippen LogP contribution >= 0.6 is 0 Å². The Labute approximate surface area is 606 Å². The number of carbonyl (C=O) groups excluding carboxylic acids is 7. The van der Waals surface area contributed by atoms with Crippen LogP contribution in [0.2, 0.25) is 0 Å². The first kappa shape index (κ1) is 72.6. The van der Waals surface area contributed by atoms with Crippen molar-refractivity contribution in [3.8, 4) is 74.7 Å². The van der Waals surface area contributed by atoms with Gasteiger partial charge in [-0.1, -0.05) is 55.5 Å². The first-order valence-corrected chi connectivity index (χ1v) is 33.2. The van der Waals surface area contributed by atoms with Gasteiger partial charge in [-0.25, -0.2) is 24.0 Å². The third-order valence-corrected chi connectivity index (χ3v) is 16.7. The number of esters is 5. The summed E-state index contributed by atoms with van der Waals surface area (Å²) in [6.07, 6.45) is 0.607. The molecule has 0 spiro atoms. The summed E-state index contributed by atoms with van der Waals surface area (Å²) in [5.74, 6) is 4.20. The Kier molecular flexibility index (Phi) is 23.6. The Hall–Kier alpha value is -13.7. The number of hydrogen-bond acceptors (Lipinski definition) is 17. The van der Waals surface area contributed by atoms with E-state index >= 15 is 0 Å². The van der Waals surface area contributed by atoms with E-state index in [1.54, 1.807) is 208 Å². The molecule has 105 heavy (non-hydrogen) atoms. The van der Waals surface area contributed by atoms with Crippen molar-refractivity contribution in [2.45, 2.75) is 47.0 Å². The Morgan fingerprint density at radius 1 is 0.267 bits per heavy atom. The molecule has 0 amide bonds. The van der Waals surface area contributed by atoms with E-state index in [4.69, 9.17) is 47.4 Å². The lowest BCUT2D eigenvalue weighted by atomic mass is 9.91. The summed E-state index contributed by atoms with van der Waals surface area (Å²) in [7, 11) is 3.22. The van der Waals surface area contributed by atoms with Crippen LogP contribution < -0.4 is 47.4 Å². The lowest BCUT2D eigenvalue weighted by molar-refractivity contribution is 0.0721. The lowest BCUT2D eigenvalue weighted by Gasteiger charge is -2.16. The smallest absolute Gasteiger partial charge is 0.343 e. The number of ether oxygens (including phenoxy) is 10. The average molecular weight is 1400 g/mol. The number of Topliss-reactive ketones (excluding diaryl/α,β-unsaturated/α-hetero) is 2. The highest BCUT2D eigenvalue weighted by atomic mass is 16.6. The van der Waals surface area contributed by atoms with Crippen LogP contribution in [0.1, 0.15) is 133 Å². The van der Waals surface area contributed by atoms with Crippen LogP contribution in [-0.4, -0.2) is 55.6 Å². The van der Waals surface area contributed by atoms with E-state index in [1.165, 1.54) is 43.7 Å². The number of carbonyl (C=O) groups is 7. The Morgan fingerprint density at radius 2 is 0.505 bits per heavy atom. The van der Waals surface area contributed by atoms with Gasteiger partial charge in [0, 0.05) is 17.0 Å². The number of rotatable bonds is 24. The molecule has 0 aliphatic carbocycles. The third kappa shape index (κ3) is 19.9. The van der Waals surface area contributed by atoms with Gasteiger partial charge in [0.2, 0.25) is 0 Å². The molecule has 0 fully saturated rings. The molecule has 12 rings (SSSR count). The molecule has 17 heteroatoms. The summed E-state index contributed by atoms with van der Waals surface area (Å²) < 4.78 is 55.8. The van der Waals surface area contributed by atoms with Crippen molar-refractivity contribution in [3.05, 3.63) is 351 Å². The van der Waals surface area contributed by atoms with E-state index in [0.29, 0.717) is 109 Å². The molecule has 0 aromatic heterocycles. The van der Waals surface area contributed by atoms with Crippen LogP contribution in [-0.2, 0) is 6.42 Å².